The zero-order valence-corrected chi connectivity index (χ0v) is 15.6. The standard InChI is InChI=1S/C19H27N3O4/c1-14(2)20-17(23)12-22-16(11-15-7-5-4-6-8-15)19(25)21(9-10-26-3)13-18(22)24/h4-8,14,16H,9-13H2,1-3H3,(H,20,23)/t16-/m1/s1. The number of methoxy groups -OCH3 is 1. The summed E-state index contributed by atoms with van der Waals surface area (Å²) in [6, 6.07) is 8.80. The van der Waals surface area contributed by atoms with Gasteiger partial charge in [-0.2, -0.15) is 0 Å². The molecule has 0 radical (unpaired) electrons. The van der Waals surface area contributed by atoms with Gasteiger partial charge in [0.15, 0.2) is 0 Å². The molecule has 142 valence electrons. The number of hydrogen-bond donors (Lipinski definition) is 1. The SMILES string of the molecule is COCCN1CC(=O)N(CC(=O)NC(C)C)[C@H](Cc2ccccc2)C1=O. The second-order valence-electron chi connectivity index (χ2n) is 6.70. The molecule has 1 saturated heterocycles. The molecule has 0 aliphatic carbocycles. The molecule has 7 heteroatoms. The lowest BCUT2D eigenvalue weighted by Gasteiger charge is -2.40. The van der Waals surface area contributed by atoms with E-state index in [4.69, 9.17) is 4.74 Å². The molecule has 1 atom stereocenters. The van der Waals surface area contributed by atoms with Crippen LogP contribution in [0.4, 0.5) is 0 Å². The molecule has 1 heterocycles. The van der Waals surface area contributed by atoms with Crippen LogP contribution in [-0.4, -0.2) is 73.0 Å². The second kappa shape index (κ2) is 9.33. The fourth-order valence-corrected chi connectivity index (χ4v) is 3.00. The summed E-state index contributed by atoms with van der Waals surface area (Å²) in [4.78, 5) is 40.7. The molecule has 26 heavy (non-hydrogen) atoms. The topological polar surface area (TPSA) is 79.0 Å². The van der Waals surface area contributed by atoms with E-state index < -0.39 is 6.04 Å². The lowest BCUT2D eigenvalue weighted by molar-refractivity contribution is -0.157. The van der Waals surface area contributed by atoms with Crippen molar-refractivity contribution < 1.29 is 19.1 Å². The molecule has 0 bridgehead atoms. The Morgan fingerprint density at radius 2 is 1.96 bits per heavy atom. The molecule has 1 aliphatic rings. The Kier molecular flexibility index (Phi) is 7.15. The maximum Gasteiger partial charge on any atom is 0.246 e. The Labute approximate surface area is 154 Å². The average molecular weight is 361 g/mol. The summed E-state index contributed by atoms with van der Waals surface area (Å²) >= 11 is 0. The van der Waals surface area contributed by atoms with Crippen LogP contribution in [0.25, 0.3) is 0 Å². The van der Waals surface area contributed by atoms with Gasteiger partial charge in [0.25, 0.3) is 0 Å². The van der Waals surface area contributed by atoms with Crippen LogP contribution in [0.15, 0.2) is 30.3 Å². The van der Waals surface area contributed by atoms with Gasteiger partial charge in [0.1, 0.15) is 12.6 Å². The highest BCUT2D eigenvalue weighted by Gasteiger charge is 2.39. The summed E-state index contributed by atoms with van der Waals surface area (Å²) in [6.45, 7) is 4.30. The van der Waals surface area contributed by atoms with Gasteiger partial charge in [-0.3, -0.25) is 14.4 Å². The molecule has 2 rings (SSSR count). The number of hydrogen-bond acceptors (Lipinski definition) is 4. The molecule has 3 amide bonds. The fraction of sp³-hybridized carbons (Fsp3) is 0.526. The van der Waals surface area contributed by atoms with E-state index >= 15 is 0 Å². The smallest absolute Gasteiger partial charge is 0.246 e. The van der Waals surface area contributed by atoms with Crippen molar-refractivity contribution in [3.05, 3.63) is 35.9 Å². The summed E-state index contributed by atoms with van der Waals surface area (Å²) in [6.07, 6.45) is 0.379. The van der Waals surface area contributed by atoms with E-state index in [1.54, 1.807) is 7.11 Å². The van der Waals surface area contributed by atoms with Gasteiger partial charge in [0.05, 0.1) is 13.2 Å². The van der Waals surface area contributed by atoms with Crippen molar-refractivity contribution in [3.63, 3.8) is 0 Å². The maximum atomic E-state index is 12.9. The first-order valence-electron chi connectivity index (χ1n) is 8.83. The van der Waals surface area contributed by atoms with E-state index in [0.717, 1.165) is 5.56 Å². The Balaban J connectivity index is 2.20. The average Bonchev–Trinajstić information content (AvgIpc) is 2.60. The van der Waals surface area contributed by atoms with Crippen LogP contribution in [-0.2, 0) is 25.5 Å². The molecule has 1 aliphatic heterocycles. The van der Waals surface area contributed by atoms with E-state index in [-0.39, 0.29) is 36.9 Å². The van der Waals surface area contributed by atoms with Gasteiger partial charge < -0.3 is 19.9 Å². The molecular weight excluding hydrogens is 334 g/mol. The Morgan fingerprint density at radius 3 is 2.58 bits per heavy atom. The van der Waals surface area contributed by atoms with Crippen LogP contribution in [0.2, 0.25) is 0 Å². The van der Waals surface area contributed by atoms with Gasteiger partial charge in [-0.05, 0) is 19.4 Å². The van der Waals surface area contributed by atoms with Crippen molar-refractivity contribution in [1.29, 1.82) is 0 Å². The number of piperazine rings is 1. The second-order valence-corrected chi connectivity index (χ2v) is 6.70. The van der Waals surface area contributed by atoms with Crippen molar-refractivity contribution >= 4 is 17.7 Å². The Bertz CT molecular complexity index is 633. The van der Waals surface area contributed by atoms with E-state index in [1.165, 1.54) is 9.80 Å². The molecular formula is C19H27N3O4. The highest BCUT2D eigenvalue weighted by atomic mass is 16.5. The van der Waals surface area contributed by atoms with Crippen molar-refractivity contribution in [3.8, 4) is 0 Å². The summed E-state index contributed by atoms with van der Waals surface area (Å²) < 4.78 is 5.03. The van der Waals surface area contributed by atoms with Gasteiger partial charge in [0, 0.05) is 26.1 Å². The third-order valence-electron chi connectivity index (χ3n) is 4.22. The van der Waals surface area contributed by atoms with Crippen LogP contribution in [0.1, 0.15) is 19.4 Å². The maximum absolute atomic E-state index is 12.9. The minimum absolute atomic E-state index is 0.0242. The van der Waals surface area contributed by atoms with Crippen molar-refractivity contribution in [2.24, 2.45) is 0 Å². The number of amides is 3. The minimum Gasteiger partial charge on any atom is -0.383 e. The minimum atomic E-state index is -0.687. The molecule has 1 fully saturated rings. The fourth-order valence-electron chi connectivity index (χ4n) is 3.00. The number of benzene rings is 1. The van der Waals surface area contributed by atoms with Gasteiger partial charge in [-0.15, -0.1) is 0 Å². The molecule has 1 aromatic rings. The van der Waals surface area contributed by atoms with Crippen molar-refractivity contribution in [2.45, 2.75) is 32.4 Å². The van der Waals surface area contributed by atoms with Crippen LogP contribution in [0.5, 0.6) is 0 Å². The predicted octanol–water partition coefficient (Wildman–Crippen LogP) is 0.440. The van der Waals surface area contributed by atoms with Crippen molar-refractivity contribution in [1.82, 2.24) is 15.1 Å². The molecule has 0 spiro atoms. The quantitative estimate of drug-likeness (QED) is 0.729. The van der Waals surface area contributed by atoms with Gasteiger partial charge in [0.2, 0.25) is 17.7 Å². The van der Waals surface area contributed by atoms with Crippen LogP contribution in [0.3, 0.4) is 0 Å². The number of carbonyl (C=O) groups is 3. The van der Waals surface area contributed by atoms with E-state index in [2.05, 4.69) is 5.32 Å². The number of rotatable bonds is 8. The lowest BCUT2D eigenvalue weighted by Crippen LogP contribution is -2.62. The predicted molar refractivity (Wildman–Crippen MR) is 97.4 cm³/mol. The third kappa shape index (κ3) is 5.29. The molecule has 0 aromatic heterocycles. The molecule has 0 unspecified atom stereocenters. The van der Waals surface area contributed by atoms with Crippen LogP contribution >= 0.6 is 0 Å². The summed E-state index contributed by atoms with van der Waals surface area (Å²) in [5.41, 5.74) is 0.946. The largest absolute Gasteiger partial charge is 0.383 e. The highest BCUT2D eigenvalue weighted by molar-refractivity contribution is 5.97. The number of nitrogens with zero attached hydrogens (tertiary/aromatic N) is 2. The molecule has 0 saturated carbocycles. The van der Waals surface area contributed by atoms with Crippen LogP contribution in [0, 0.1) is 0 Å². The van der Waals surface area contributed by atoms with Crippen LogP contribution < -0.4 is 5.32 Å². The van der Waals surface area contributed by atoms with Gasteiger partial charge >= 0.3 is 0 Å². The first-order valence-corrected chi connectivity index (χ1v) is 8.83. The summed E-state index contributed by atoms with van der Waals surface area (Å²) in [5, 5.41) is 2.78. The van der Waals surface area contributed by atoms with E-state index in [1.807, 2.05) is 44.2 Å². The van der Waals surface area contributed by atoms with E-state index in [9.17, 15) is 14.4 Å². The van der Waals surface area contributed by atoms with Gasteiger partial charge in [-0.1, -0.05) is 30.3 Å². The number of carbonyl (C=O) groups excluding carboxylic acids is 3. The summed E-state index contributed by atoms with van der Waals surface area (Å²) in [5.74, 6) is -0.632. The molecule has 7 nitrogen and oxygen atoms in total. The normalized spacial score (nSPS) is 17.8. The number of ether oxygens (including phenoxy) is 1. The highest BCUT2D eigenvalue weighted by Crippen LogP contribution is 2.17. The first-order chi connectivity index (χ1) is 12.4. The zero-order chi connectivity index (χ0) is 19.1. The summed E-state index contributed by atoms with van der Waals surface area (Å²) in [7, 11) is 1.56. The van der Waals surface area contributed by atoms with E-state index in [0.29, 0.717) is 19.6 Å². The monoisotopic (exact) mass is 361 g/mol. The molecule has 1 aromatic carbocycles. The first kappa shape index (κ1) is 19.9. The molecule has 1 N–H and O–H groups in total. The Morgan fingerprint density at radius 1 is 1.27 bits per heavy atom. The third-order valence-corrected chi connectivity index (χ3v) is 4.22. The lowest BCUT2D eigenvalue weighted by atomic mass is 10.0. The Hall–Kier alpha value is -2.41. The van der Waals surface area contributed by atoms with Gasteiger partial charge in [-0.25, -0.2) is 0 Å². The van der Waals surface area contributed by atoms with Crippen molar-refractivity contribution in [2.75, 3.05) is 33.4 Å². The number of nitrogens with one attached hydrogen (secondary N) is 1. The zero-order valence-electron chi connectivity index (χ0n) is 15.6.